The highest BCUT2D eigenvalue weighted by atomic mass is 16.6. The average Bonchev–Trinajstić information content (AvgIpc) is 3.31. The van der Waals surface area contributed by atoms with Gasteiger partial charge in [-0.3, -0.25) is 19.7 Å². The predicted octanol–water partition coefficient (Wildman–Crippen LogP) is 0.310. The molecule has 4 heterocycles. The number of hydrogen-bond acceptors (Lipinski definition) is 8. The number of aromatic hydroxyl groups is 1. The third-order valence-corrected chi connectivity index (χ3v) is 11.7. The second-order valence-corrected chi connectivity index (χ2v) is 15.1. The van der Waals surface area contributed by atoms with Gasteiger partial charge in [0.05, 0.1) is 6.54 Å². The van der Waals surface area contributed by atoms with Crippen LogP contribution in [0.2, 0.25) is 0 Å². The van der Waals surface area contributed by atoms with Gasteiger partial charge in [-0.2, -0.15) is 0 Å². The van der Waals surface area contributed by atoms with E-state index >= 15 is 0 Å². The molecule has 0 aliphatic carbocycles. The molecule has 0 bridgehead atoms. The lowest BCUT2D eigenvalue weighted by Gasteiger charge is -2.41. The maximum Gasteiger partial charge on any atom is 0.410 e. The number of benzene rings is 2. The van der Waals surface area contributed by atoms with Crippen LogP contribution in [-0.2, 0) is 27.2 Å². The molecule has 2 aromatic carbocycles. The summed E-state index contributed by atoms with van der Waals surface area (Å²) in [6.07, 6.45) is 4.38. The fraction of sp³-hybridized carbons (Fsp3) is 0.568. The Morgan fingerprint density at radius 1 is 0.904 bits per heavy atom. The Bertz CT molecular complexity index is 1600. The number of para-hydroxylation sites is 1. The second kappa shape index (κ2) is 16.6. The summed E-state index contributed by atoms with van der Waals surface area (Å²) >= 11 is 0. The Kier molecular flexibility index (Phi) is 12.0. The smallest absolute Gasteiger partial charge is 0.410 e. The van der Waals surface area contributed by atoms with E-state index in [0.29, 0.717) is 73.4 Å². The van der Waals surface area contributed by atoms with Crippen molar-refractivity contribution < 1.29 is 34.2 Å². The van der Waals surface area contributed by atoms with Gasteiger partial charge in [-0.1, -0.05) is 30.3 Å². The van der Waals surface area contributed by atoms with Gasteiger partial charge in [-0.15, -0.1) is 0 Å². The largest absolute Gasteiger partial charge is 0.509 e. The molecular formula is C37H52B2N6O7. The van der Waals surface area contributed by atoms with Crippen LogP contribution >= 0.6 is 0 Å². The maximum atomic E-state index is 14.1. The molecule has 5 amide bonds. The molecule has 1 atom stereocenters. The minimum absolute atomic E-state index is 0.00277. The normalized spacial score (nSPS) is 20.1. The summed E-state index contributed by atoms with van der Waals surface area (Å²) in [5.41, 5.74) is 4.18. The summed E-state index contributed by atoms with van der Waals surface area (Å²) in [7, 11) is 4.99. The van der Waals surface area contributed by atoms with Gasteiger partial charge in [0.2, 0.25) is 0 Å². The Morgan fingerprint density at radius 3 is 2.13 bits per heavy atom. The predicted molar refractivity (Wildman–Crippen MR) is 202 cm³/mol. The van der Waals surface area contributed by atoms with Crippen molar-refractivity contribution >= 4 is 56.2 Å². The molecule has 13 nitrogen and oxygen atoms in total. The number of ether oxygens (including phenoxy) is 1. The molecule has 0 spiro atoms. The van der Waals surface area contributed by atoms with Crippen LogP contribution in [0.3, 0.4) is 0 Å². The van der Waals surface area contributed by atoms with Gasteiger partial charge >= 0.3 is 12.1 Å². The van der Waals surface area contributed by atoms with Gasteiger partial charge in [0.1, 0.15) is 21.4 Å². The second-order valence-electron chi connectivity index (χ2n) is 15.1. The van der Waals surface area contributed by atoms with Gasteiger partial charge < -0.3 is 29.9 Å². The lowest BCUT2D eigenvalue weighted by Crippen LogP contribution is -2.52. The number of urea groups is 1. The molecule has 3 fully saturated rings. The molecule has 6 rings (SSSR count). The van der Waals surface area contributed by atoms with Crippen molar-refractivity contribution in [2.24, 2.45) is 11.8 Å². The monoisotopic (exact) mass is 714 g/mol. The number of hydroxylamine groups is 2. The van der Waals surface area contributed by atoms with Crippen molar-refractivity contribution in [3.8, 4) is 5.75 Å². The van der Waals surface area contributed by atoms with Gasteiger partial charge in [0.15, 0.2) is 6.10 Å². The fourth-order valence-corrected chi connectivity index (χ4v) is 8.52. The summed E-state index contributed by atoms with van der Waals surface area (Å²) < 4.78 is 6.07. The zero-order valence-electron chi connectivity index (χ0n) is 30.8. The van der Waals surface area contributed by atoms with Crippen LogP contribution in [0.25, 0.3) is 0 Å². The molecule has 0 unspecified atom stereocenters. The van der Waals surface area contributed by atoms with Crippen molar-refractivity contribution in [3.05, 3.63) is 47.5 Å². The van der Waals surface area contributed by atoms with E-state index in [1.807, 2.05) is 61.9 Å². The molecule has 3 saturated heterocycles. The number of rotatable bonds is 8. The van der Waals surface area contributed by atoms with E-state index in [-0.39, 0.29) is 42.6 Å². The van der Waals surface area contributed by atoms with E-state index in [0.717, 1.165) is 62.0 Å². The molecule has 0 aromatic heterocycles. The first-order valence-corrected chi connectivity index (χ1v) is 18.8. The van der Waals surface area contributed by atoms with E-state index in [4.69, 9.17) is 4.74 Å². The van der Waals surface area contributed by atoms with Crippen LogP contribution in [0, 0.1) is 11.8 Å². The zero-order chi connectivity index (χ0) is 36.9. The van der Waals surface area contributed by atoms with E-state index in [1.54, 1.807) is 4.90 Å². The quantitative estimate of drug-likeness (QED) is 0.202. The van der Waals surface area contributed by atoms with Crippen LogP contribution in [0.4, 0.5) is 15.3 Å². The highest BCUT2D eigenvalue weighted by Crippen LogP contribution is 2.33. The van der Waals surface area contributed by atoms with Crippen LogP contribution in [0.1, 0.15) is 49.7 Å². The summed E-state index contributed by atoms with van der Waals surface area (Å²) in [5.74, 6) is 0.704. The number of fused-ring (bicyclic) bond motifs is 1. The van der Waals surface area contributed by atoms with E-state index < -0.39 is 12.2 Å². The molecule has 278 valence electrons. The molecule has 0 radical (unpaired) electrons. The Morgan fingerprint density at radius 2 is 1.50 bits per heavy atom. The van der Waals surface area contributed by atoms with Crippen LogP contribution in [0.5, 0.6) is 5.75 Å². The van der Waals surface area contributed by atoms with Crippen LogP contribution < -0.4 is 16.2 Å². The van der Waals surface area contributed by atoms with Crippen molar-refractivity contribution in [1.82, 2.24) is 24.7 Å². The van der Waals surface area contributed by atoms with Gasteiger partial charge in [-0.05, 0) is 98.0 Å². The summed E-state index contributed by atoms with van der Waals surface area (Å²) in [4.78, 5) is 60.3. The number of piperidine rings is 3. The lowest BCUT2D eigenvalue weighted by molar-refractivity contribution is -0.160. The zero-order valence-corrected chi connectivity index (χ0v) is 30.8. The van der Waals surface area contributed by atoms with Crippen molar-refractivity contribution in [2.45, 2.75) is 63.5 Å². The fourth-order valence-electron chi connectivity index (χ4n) is 8.52. The molecule has 3 N–H and O–H groups in total. The molecule has 4 aliphatic rings. The number of phenols is 1. The van der Waals surface area contributed by atoms with Crippen molar-refractivity contribution in [1.29, 1.82) is 0 Å². The SMILES string of the molecule is Bc1cc(C[C@@H](OC(=O)N2CCC(N3CCc4ccccc4NC3=O)CC2)C(=O)N2CCC(C3CCN(CC(=O)N(C)O)CC3)CC2)cc(B)c1O. The first-order chi connectivity index (χ1) is 25.0. The number of likely N-dealkylation sites (N-methyl/N-ethyl adjacent to an activating group) is 1. The number of phenolic OH excluding ortho intramolecular Hbond substituents is 1. The number of anilines is 1. The van der Waals surface area contributed by atoms with E-state index in [2.05, 4.69) is 10.2 Å². The van der Waals surface area contributed by atoms with E-state index in [9.17, 15) is 29.5 Å². The van der Waals surface area contributed by atoms with Crippen molar-refractivity contribution in [3.63, 3.8) is 0 Å². The molecular weight excluding hydrogens is 662 g/mol. The Hall–Kier alpha value is -4.23. The minimum Gasteiger partial charge on any atom is -0.509 e. The molecule has 15 heteroatoms. The first kappa shape index (κ1) is 37.5. The van der Waals surface area contributed by atoms with E-state index in [1.165, 1.54) is 7.05 Å². The lowest BCUT2D eigenvalue weighted by atomic mass is 9.78. The third kappa shape index (κ3) is 8.86. The molecule has 52 heavy (non-hydrogen) atoms. The summed E-state index contributed by atoms with van der Waals surface area (Å²) in [5, 5.41) is 23.5. The number of nitrogens with one attached hydrogen (secondary N) is 1. The molecule has 0 saturated carbocycles. The third-order valence-electron chi connectivity index (χ3n) is 11.7. The standard InChI is InChI=1S/C37H52B2N6O7/c1-41(51)33(46)23-42-13-6-25(7-14-42)26-8-15-43(16-9-26)35(48)32(22-24-20-29(38)34(47)30(39)21-24)52-37(50)44-17-11-28(12-18-44)45-19-10-27-4-2-3-5-31(27)40-36(45)49/h2-5,20-21,25-26,28,32,47,51H,6-19,22-23,38-39H2,1H3,(H,40,49)/t32-/m1/s1. The topological polar surface area (TPSA) is 146 Å². The minimum atomic E-state index is -1.01. The molecule has 4 aliphatic heterocycles. The Labute approximate surface area is 308 Å². The highest BCUT2D eigenvalue weighted by Gasteiger charge is 2.37. The van der Waals surface area contributed by atoms with Gasteiger partial charge in [-0.25, -0.2) is 14.7 Å². The average molecular weight is 714 g/mol. The number of carbonyl (C=O) groups is 4. The number of likely N-dealkylation sites (tertiary alicyclic amines) is 3. The highest BCUT2D eigenvalue weighted by molar-refractivity contribution is 6.41. The number of nitrogens with zero attached hydrogens (tertiary/aromatic N) is 5. The van der Waals surface area contributed by atoms with Crippen LogP contribution in [0.15, 0.2) is 36.4 Å². The van der Waals surface area contributed by atoms with Crippen molar-refractivity contribution in [2.75, 3.05) is 64.7 Å². The summed E-state index contributed by atoms with van der Waals surface area (Å²) in [6.45, 7) is 4.47. The van der Waals surface area contributed by atoms with Crippen LogP contribution in [-0.4, -0.2) is 146 Å². The van der Waals surface area contributed by atoms with Gasteiger partial charge in [0, 0.05) is 57.9 Å². The van der Waals surface area contributed by atoms with Gasteiger partial charge in [0.25, 0.3) is 11.8 Å². The number of carbonyl (C=O) groups excluding carboxylic acids is 4. The Balaban J connectivity index is 1.05. The number of hydrogen-bond donors (Lipinski definition) is 3. The summed E-state index contributed by atoms with van der Waals surface area (Å²) in [6, 6.07) is 11.4. The maximum absolute atomic E-state index is 14.1. The molecule has 2 aromatic rings. The first-order valence-electron chi connectivity index (χ1n) is 18.8. The number of amides is 5.